The van der Waals surface area contributed by atoms with Gasteiger partial charge in [0.1, 0.15) is 0 Å². The Morgan fingerprint density at radius 1 is 0.957 bits per heavy atom. The molecule has 0 heterocycles. The van der Waals surface area contributed by atoms with Gasteiger partial charge in [0.2, 0.25) is 0 Å². The van der Waals surface area contributed by atoms with Gasteiger partial charge in [-0.2, -0.15) is 0 Å². The van der Waals surface area contributed by atoms with Crippen LogP contribution in [-0.4, -0.2) is 10.7 Å². The Balaban J connectivity index is 1.67. The molecule has 23 heavy (non-hydrogen) atoms. The van der Waals surface area contributed by atoms with Crippen LogP contribution in [0.15, 0.2) is 12.2 Å². The van der Waals surface area contributed by atoms with Gasteiger partial charge in [-0.1, -0.05) is 39.8 Å². The van der Waals surface area contributed by atoms with Gasteiger partial charge >= 0.3 is 0 Å². The quantitative estimate of drug-likeness (QED) is 0.626. The standard InChI is InChI=1S/C22H36O/c1-15(2)22(23)14-11-19-17-9-8-16-7-5-6-12-20(16,3)18(17)10-13-21(19,22)4/h5-6,15-19,23H,7-14H2,1-4H3/t16-,17-,18+,19+,20+,21+,22-/m1/s1. The third kappa shape index (κ3) is 1.95. The minimum Gasteiger partial charge on any atom is -0.389 e. The van der Waals surface area contributed by atoms with E-state index in [2.05, 4.69) is 39.8 Å². The van der Waals surface area contributed by atoms with Crippen molar-refractivity contribution in [2.24, 2.45) is 40.4 Å². The lowest BCUT2D eigenvalue weighted by Crippen LogP contribution is -2.57. The first kappa shape index (κ1) is 16.2. The van der Waals surface area contributed by atoms with Crippen molar-refractivity contribution in [3.05, 3.63) is 12.2 Å². The van der Waals surface area contributed by atoms with Gasteiger partial charge in [0, 0.05) is 0 Å². The molecule has 1 N–H and O–H groups in total. The molecule has 0 aliphatic heterocycles. The number of fused-ring (bicyclic) bond motifs is 5. The highest BCUT2D eigenvalue weighted by Crippen LogP contribution is 2.68. The van der Waals surface area contributed by atoms with Crippen LogP contribution in [0.2, 0.25) is 0 Å². The predicted molar refractivity (Wildman–Crippen MR) is 96.0 cm³/mol. The van der Waals surface area contributed by atoms with Crippen molar-refractivity contribution in [1.82, 2.24) is 0 Å². The number of aliphatic hydroxyl groups is 1. The molecule has 4 aliphatic carbocycles. The highest BCUT2D eigenvalue weighted by Gasteiger charge is 2.64. The Kier molecular flexibility index (Phi) is 3.59. The van der Waals surface area contributed by atoms with Crippen LogP contribution in [0.4, 0.5) is 0 Å². The summed E-state index contributed by atoms with van der Waals surface area (Å²) in [4.78, 5) is 0. The highest BCUT2D eigenvalue weighted by atomic mass is 16.3. The first-order valence-corrected chi connectivity index (χ1v) is 10.2. The van der Waals surface area contributed by atoms with Crippen molar-refractivity contribution >= 4 is 0 Å². The van der Waals surface area contributed by atoms with Crippen molar-refractivity contribution in [1.29, 1.82) is 0 Å². The monoisotopic (exact) mass is 316 g/mol. The Morgan fingerprint density at radius 2 is 1.70 bits per heavy atom. The second-order valence-electron chi connectivity index (χ2n) is 10.1. The molecule has 3 fully saturated rings. The second-order valence-corrected chi connectivity index (χ2v) is 10.1. The molecule has 0 spiro atoms. The smallest absolute Gasteiger partial charge is 0.0726 e. The molecule has 4 rings (SSSR count). The number of hydrogen-bond acceptors (Lipinski definition) is 1. The minimum absolute atomic E-state index is 0.163. The second kappa shape index (κ2) is 5.10. The van der Waals surface area contributed by atoms with E-state index in [0.29, 0.717) is 11.3 Å². The van der Waals surface area contributed by atoms with Crippen molar-refractivity contribution in [3.63, 3.8) is 0 Å². The topological polar surface area (TPSA) is 20.2 Å². The summed E-state index contributed by atoms with van der Waals surface area (Å²) >= 11 is 0. The molecule has 0 saturated heterocycles. The first-order valence-electron chi connectivity index (χ1n) is 10.2. The molecule has 0 bridgehead atoms. The largest absolute Gasteiger partial charge is 0.389 e. The zero-order chi connectivity index (χ0) is 16.5. The van der Waals surface area contributed by atoms with E-state index >= 15 is 0 Å². The molecule has 0 aromatic carbocycles. The fourth-order valence-electron chi connectivity index (χ4n) is 7.84. The average Bonchev–Trinajstić information content (AvgIpc) is 2.80. The zero-order valence-electron chi connectivity index (χ0n) is 15.6. The fourth-order valence-corrected chi connectivity index (χ4v) is 7.84. The summed E-state index contributed by atoms with van der Waals surface area (Å²) in [5, 5.41) is 11.5. The maximum absolute atomic E-state index is 11.5. The van der Waals surface area contributed by atoms with E-state index in [0.717, 1.165) is 30.1 Å². The average molecular weight is 317 g/mol. The van der Waals surface area contributed by atoms with E-state index in [1.54, 1.807) is 0 Å². The van der Waals surface area contributed by atoms with E-state index < -0.39 is 5.60 Å². The Bertz CT molecular complexity index is 508. The van der Waals surface area contributed by atoms with E-state index in [1.165, 1.54) is 44.9 Å². The number of allylic oxidation sites excluding steroid dienone is 2. The van der Waals surface area contributed by atoms with Crippen LogP contribution in [0, 0.1) is 40.4 Å². The summed E-state index contributed by atoms with van der Waals surface area (Å²) in [6.45, 7) is 9.52. The Labute approximate surface area is 142 Å². The maximum atomic E-state index is 11.5. The Morgan fingerprint density at radius 3 is 2.43 bits per heavy atom. The van der Waals surface area contributed by atoms with Gasteiger partial charge < -0.3 is 5.11 Å². The lowest BCUT2D eigenvalue weighted by atomic mass is 9.44. The molecule has 3 saturated carbocycles. The summed E-state index contributed by atoms with van der Waals surface area (Å²) in [7, 11) is 0. The third-order valence-corrected chi connectivity index (χ3v) is 9.38. The number of rotatable bonds is 1. The molecule has 4 aliphatic rings. The minimum atomic E-state index is -0.424. The van der Waals surface area contributed by atoms with Gasteiger partial charge in [0.25, 0.3) is 0 Å². The lowest BCUT2D eigenvalue weighted by Gasteiger charge is -2.61. The van der Waals surface area contributed by atoms with Gasteiger partial charge in [-0.25, -0.2) is 0 Å². The fraction of sp³-hybridized carbons (Fsp3) is 0.909. The van der Waals surface area contributed by atoms with Crippen LogP contribution >= 0.6 is 0 Å². The van der Waals surface area contributed by atoms with Crippen LogP contribution in [0.25, 0.3) is 0 Å². The maximum Gasteiger partial charge on any atom is 0.0726 e. The van der Waals surface area contributed by atoms with E-state index in [9.17, 15) is 5.11 Å². The zero-order valence-corrected chi connectivity index (χ0v) is 15.6. The van der Waals surface area contributed by atoms with Crippen molar-refractivity contribution < 1.29 is 5.11 Å². The van der Waals surface area contributed by atoms with Gasteiger partial charge in [-0.3, -0.25) is 0 Å². The summed E-state index contributed by atoms with van der Waals surface area (Å²) in [5.41, 5.74) is 0.278. The Hall–Kier alpha value is -0.300. The first-order chi connectivity index (χ1) is 10.8. The summed E-state index contributed by atoms with van der Waals surface area (Å²) in [6.07, 6.45) is 15.3. The van der Waals surface area contributed by atoms with Gasteiger partial charge in [-0.15, -0.1) is 0 Å². The molecule has 0 amide bonds. The number of hydrogen-bond donors (Lipinski definition) is 1. The summed E-state index contributed by atoms with van der Waals surface area (Å²) in [6, 6.07) is 0. The van der Waals surface area contributed by atoms with Gasteiger partial charge in [0.15, 0.2) is 0 Å². The van der Waals surface area contributed by atoms with Crippen LogP contribution < -0.4 is 0 Å². The summed E-state index contributed by atoms with van der Waals surface area (Å²) in [5.74, 6) is 3.84. The molecule has 0 unspecified atom stereocenters. The normalized spacial score (nSPS) is 55.4. The van der Waals surface area contributed by atoms with Crippen LogP contribution in [-0.2, 0) is 0 Å². The SMILES string of the molecule is CC(C)[C@]1(O)CC[C@H]2[C@@H]3CC[C@H]4CC=CC[C@]4(C)[C@H]3CC[C@@]21C. The third-order valence-electron chi connectivity index (χ3n) is 9.38. The van der Waals surface area contributed by atoms with Crippen molar-refractivity contribution in [2.45, 2.75) is 84.7 Å². The molecular formula is C22H36O. The van der Waals surface area contributed by atoms with E-state index in [4.69, 9.17) is 0 Å². The molecule has 1 heteroatoms. The predicted octanol–water partition coefficient (Wildman–Crippen LogP) is 5.58. The molecule has 7 atom stereocenters. The van der Waals surface area contributed by atoms with Crippen LogP contribution in [0.1, 0.15) is 79.1 Å². The molecule has 0 aromatic heterocycles. The van der Waals surface area contributed by atoms with Crippen molar-refractivity contribution in [3.8, 4) is 0 Å². The van der Waals surface area contributed by atoms with E-state index in [1.807, 2.05) is 0 Å². The molecule has 130 valence electrons. The van der Waals surface area contributed by atoms with E-state index in [-0.39, 0.29) is 5.41 Å². The van der Waals surface area contributed by atoms with Gasteiger partial charge in [-0.05, 0) is 91.8 Å². The molecule has 1 nitrogen and oxygen atoms in total. The molecule has 0 radical (unpaired) electrons. The molecule has 0 aromatic rings. The van der Waals surface area contributed by atoms with Crippen LogP contribution in [0.5, 0.6) is 0 Å². The van der Waals surface area contributed by atoms with Crippen LogP contribution in [0.3, 0.4) is 0 Å². The van der Waals surface area contributed by atoms with Gasteiger partial charge in [0.05, 0.1) is 5.60 Å². The summed E-state index contributed by atoms with van der Waals surface area (Å²) < 4.78 is 0. The lowest BCUT2D eigenvalue weighted by molar-refractivity contribution is -0.160. The highest BCUT2D eigenvalue weighted by molar-refractivity contribution is 5.16. The van der Waals surface area contributed by atoms with Crippen molar-refractivity contribution in [2.75, 3.05) is 0 Å². The molecular weight excluding hydrogens is 280 g/mol.